The zero-order valence-corrected chi connectivity index (χ0v) is 16.9. The highest BCUT2D eigenvalue weighted by molar-refractivity contribution is 7.19. The van der Waals surface area contributed by atoms with E-state index in [0.717, 1.165) is 35.0 Å². The predicted octanol–water partition coefficient (Wildman–Crippen LogP) is 4.36. The lowest BCUT2D eigenvalue weighted by atomic mass is 9.86. The Hall–Kier alpha value is -3.00. The maximum Gasteiger partial charge on any atom is 0.217 e. The summed E-state index contributed by atoms with van der Waals surface area (Å²) in [6.45, 7) is 2.87. The Balaban J connectivity index is 1.41. The molecular formula is C21H20N6OS. The van der Waals surface area contributed by atoms with Gasteiger partial charge >= 0.3 is 0 Å². The molecule has 0 spiro atoms. The van der Waals surface area contributed by atoms with Crippen LogP contribution in [-0.4, -0.2) is 29.4 Å². The van der Waals surface area contributed by atoms with Crippen molar-refractivity contribution in [1.29, 1.82) is 0 Å². The van der Waals surface area contributed by atoms with E-state index in [4.69, 9.17) is 9.40 Å². The van der Waals surface area contributed by atoms with E-state index in [1.54, 1.807) is 17.0 Å². The normalized spacial score (nSPS) is 16.7. The van der Waals surface area contributed by atoms with Crippen LogP contribution in [0.2, 0.25) is 0 Å². The van der Waals surface area contributed by atoms with Crippen LogP contribution in [0.5, 0.6) is 0 Å². The second-order valence-corrected chi connectivity index (χ2v) is 8.70. The van der Waals surface area contributed by atoms with Gasteiger partial charge in [-0.15, -0.1) is 16.4 Å². The van der Waals surface area contributed by atoms with Crippen LogP contribution >= 0.6 is 11.3 Å². The van der Waals surface area contributed by atoms with Crippen LogP contribution in [0.3, 0.4) is 0 Å². The molecule has 146 valence electrons. The fourth-order valence-corrected chi connectivity index (χ4v) is 5.53. The molecule has 0 saturated heterocycles. The number of aromatic nitrogens is 6. The second-order valence-electron chi connectivity index (χ2n) is 7.62. The van der Waals surface area contributed by atoms with Crippen molar-refractivity contribution in [2.24, 2.45) is 5.92 Å². The molecular weight excluding hydrogens is 384 g/mol. The van der Waals surface area contributed by atoms with E-state index in [0.29, 0.717) is 18.1 Å². The van der Waals surface area contributed by atoms with Crippen LogP contribution < -0.4 is 0 Å². The van der Waals surface area contributed by atoms with Crippen LogP contribution in [0.25, 0.3) is 27.4 Å². The number of furan rings is 1. The van der Waals surface area contributed by atoms with Crippen molar-refractivity contribution < 1.29 is 4.42 Å². The molecule has 5 heterocycles. The number of nitrogens with zero attached hydrogens (tertiary/aromatic N) is 6. The van der Waals surface area contributed by atoms with Gasteiger partial charge in [0.05, 0.1) is 11.9 Å². The van der Waals surface area contributed by atoms with Gasteiger partial charge in [0.15, 0.2) is 11.4 Å². The van der Waals surface area contributed by atoms with E-state index in [1.807, 2.05) is 40.4 Å². The Bertz CT molecular complexity index is 1310. The van der Waals surface area contributed by atoms with Crippen molar-refractivity contribution in [1.82, 2.24) is 29.4 Å². The van der Waals surface area contributed by atoms with Gasteiger partial charge in [0.2, 0.25) is 5.82 Å². The molecule has 1 unspecified atom stereocenters. The van der Waals surface area contributed by atoms with Gasteiger partial charge in [-0.25, -0.2) is 14.5 Å². The summed E-state index contributed by atoms with van der Waals surface area (Å²) in [5.74, 6) is 2.87. The van der Waals surface area contributed by atoms with E-state index < -0.39 is 0 Å². The number of rotatable bonds is 4. The quantitative estimate of drug-likeness (QED) is 0.445. The minimum atomic E-state index is 0.586. The van der Waals surface area contributed by atoms with Gasteiger partial charge in [-0.3, -0.25) is 4.68 Å². The molecule has 0 saturated carbocycles. The fraction of sp³-hybridized carbons (Fsp3) is 0.333. The summed E-state index contributed by atoms with van der Waals surface area (Å²) in [5, 5.41) is 10.0. The highest BCUT2D eigenvalue weighted by atomic mass is 32.1. The lowest BCUT2D eigenvalue weighted by Crippen LogP contribution is -2.11. The first-order valence-electron chi connectivity index (χ1n) is 10.0. The molecule has 0 bridgehead atoms. The highest BCUT2D eigenvalue weighted by Crippen LogP contribution is 2.39. The van der Waals surface area contributed by atoms with Crippen LogP contribution in [0.4, 0.5) is 0 Å². The lowest BCUT2D eigenvalue weighted by Gasteiger charge is -2.20. The molecule has 0 N–H and O–H groups in total. The zero-order chi connectivity index (χ0) is 19.4. The Morgan fingerprint density at radius 2 is 2.28 bits per heavy atom. The summed E-state index contributed by atoms with van der Waals surface area (Å²) in [6.07, 6.45) is 10.2. The molecule has 7 nitrogen and oxygen atoms in total. The molecule has 0 aromatic carbocycles. The first-order chi connectivity index (χ1) is 14.3. The van der Waals surface area contributed by atoms with Gasteiger partial charge < -0.3 is 4.42 Å². The topological polar surface area (TPSA) is 74.0 Å². The van der Waals surface area contributed by atoms with Crippen molar-refractivity contribution in [3.8, 4) is 11.6 Å². The number of hydrogen-bond donors (Lipinski definition) is 0. The van der Waals surface area contributed by atoms with Gasteiger partial charge in [-0.05, 0) is 48.9 Å². The number of aryl methyl sites for hydroxylation is 1. The standard InChI is InChI=1S/C21H20N6OS/c1-2-13-4-6-15-17(10-13)29-21-18(15)20-24-19(25-27(20)12-22-21)16-7-5-14(28-16)11-26-9-3-8-23-26/h3,5,7-9,12-13H,2,4,6,10-11H2,1H3. The van der Waals surface area contributed by atoms with Gasteiger partial charge in [0.25, 0.3) is 0 Å². The Kier molecular flexibility index (Phi) is 3.80. The molecule has 1 atom stereocenters. The molecule has 1 aliphatic rings. The van der Waals surface area contributed by atoms with Crippen LogP contribution in [0, 0.1) is 5.92 Å². The molecule has 29 heavy (non-hydrogen) atoms. The maximum absolute atomic E-state index is 5.99. The van der Waals surface area contributed by atoms with E-state index in [2.05, 4.69) is 22.1 Å². The molecule has 5 aromatic rings. The fourth-order valence-electron chi connectivity index (χ4n) is 4.23. The van der Waals surface area contributed by atoms with Crippen molar-refractivity contribution in [2.75, 3.05) is 0 Å². The summed E-state index contributed by atoms with van der Waals surface area (Å²) in [5.41, 5.74) is 2.30. The van der Waals surface area contributed by atoms with Crippen LogP contribution in [-0.2, 0) is 19.4 Å². The Morgan fingerprint density at radius 1 is 1.31 bits per heavy atom. The number of hydrogen-bond acceptors (Lipinski definition) is 6. The van der Waals surface area contributed by atoms with E-state index >= 15 is 0 Å². The average Bonchev–Trinajstić information content (AvgIpc) is 3.51. The largest absolute Gasteiger partial charge is 0.456 e. The predicted molar refractivity (Wildman–Crippen MR) is 111 cm³/mol. The summed E-state index contributed by atoms with van der Waals surface area (Å²) < 4.78 is 9.60. The third kappa shape index (κ3) is 2.78. The minimum Gasteiger partial charge on any atom is -0.456 e. The molecule has 0 radical (unpaired) electrons. The number of thiophene rings is 1. The Morgan fingerprint density at radius 3 is 3.14 bits per heavy atom. The van der Waals surface area contributed by atoms with Crippen molar-refractivity contribution >= 4 is 27.2 Å². The summed E-state index contributed by atoms with van der Waals surface area (Å²) in [7, 11) is 0. The van der Waals surface area contributed by atoms with E-state index in [9.17, 15) is 0 Å². The monoisotopic (exact) mass is 404 g/mol. The second kappa shape index (κ2) is 6.52. The third-order valence-electron chi connectivity index (χ3n) is 5.82. The molecule has 5 aromatic heterocycles. The molecule has 0 fully saturated rings. The van der Waals surface area contributed by atoms with Gasteiger partial charge in [-0.2, -0.15) is 5.10 Å². The van der Waals surface area contributed by atoms with Crippen LogP contribution in [0.1, 0.15) is 36.0 Å². The molecule has 6 rings (SSSR count). The molecule has 0 aliphatic heterocycles. The third-order valence-corrected chi connectivity index (χ3v) is 6.99. The minimum absolute atomic E-state index is 0.586. The number of fused-ring (bicyclic) bond motifs is 5. The summed E-state index contributed by atoms with van der Waals surface area (Å²) in [4.78, 5) is 12.0. The highest BCUT2D eigenvalue weighted by Gasteiger charge is 2.25. The maximum atomic E-state index is 5.99. The van der Waals surface area contributed by atoms with Gasteiger partial charge in [0.1, 0.15) is 16.9 Å². The van der Waals surface area contributed by atoms with Crippen molar-refractivity contribution in [2.45, 2.75) is 39.2 Å². The molecule has 8 heteroatoms. The SMILES string of the molecule is CCC1CCc2c(sc3ncn4nc(-c5ccc(Cn6cccn6)o5)nc4c23)C1. The summed E-state index contributed by atoms with van der Waals surface area (Å²) >= 11 is 1.82. The molecule has 0 amide bonds. The average molecular weight is 404 g/mol. The smallest absolute Gasteiger partial charge is 0.217 e. The van der Waals surface area contributed by atoms with Gasteiger partial charge in [0, 0.05) is 17.3 Å². The van der Waals surface area contributed by atoms with E-state index in [1.165, 1.54) is 28.7 Å². The Labute approximate surface area is 171 Å². The zero-order valence-electron chi connectivity index (χ0n) is 16.1. The lowest BCUT2D eigenvalue weighted by molar-refractivity contribution is 0.451. The molecule has 1 aliphatic carbocycles. The first-order valence-corrected chi connectivity index (χ1v) is 10.8. The first kappa shape index (κ1) is 16.9. The van der Waals surface area contributed by atoms with Crippen molar-refractivity contribution in [3.05, 3.63) is 53.1 Å². The van der Waals surface area contributed by atoms with Crippen LogP contribution in [0.15, 0.2) is 41.3 Å². The van der Waals surface area contributed by atoms with Gasteiger partial charge in [-0.1, -0.05) is 13.3 Å². The van der Waals surface area contributed by atoms with E-state index in [-0.39, 0.29) is 0 Å². The summed E-state index contributed by atoms with van der Waals surface area (Å²) in [6, 6.07) is 5.77. The van der Waals surface area contributed by atoms with Crippen molar-refractivity contribution in [3.63, 3.8) is 0 Å².